The van der Waals surface area contributed by atoms with Crippen molar-refractivity contribution in [2.75, 3.05) is 11.9 Å². The van der Waals surface area contributed by atoms with Crippen LogP contribution in [0.2, 0.25) is 0 Å². The summed E-state index contributed by atoms with van der Waals surface area (Å²) < 4.78 is 11.9. The maximum Gasteiger partial charge on any atom is 0.157 e. The second-order valence-corrected chi connectivity index (χ2v) is 7.44. The van der Waals surface area contributed by atoms with Crippen LogP contribution < -0.4 is 0 Å². The van der Waals surface area contributed by atoms with Gasteiger partial charge < -0.3 is 9.47 Å². The Labute approximate surface area is 146 Å². The van der Waals surface area contributed by atoms with Gasteiger partial charge in [-0.15, -0.1) is 0 Å². The molecule has 3 heteroatoms. The predicted molar refractivity (Wildman–Crippen MR) is 98.7 cm³/mol. The van der Waals surface area contributed by atoms with E-state index in [-0.39, 0.29) is 6.29 Å². The maximum atomic E-state index is 6.21. The van der Waals surface area contributed by atoms with Crippen molar-refractivity contribution in [3.8, 4) is 0 Å². The first-order chi connectivity index (χ1) is 10.9. The van der Waals surface area contributed by atoms with E-state index in [1.54, 1.807) is 0 Å². The van der Waals surface area contributed by atoms with Crippen molar-refractivity contribution in [3.05, 3.63) is 0 Å². The Hall–Kier alpha value is 0.400. The second-order valence-electron chi connectivity index (χ2n) is 6.65. The van der Waals surface area contributed by atoms with Gasteiger partial charge in [0.2, 0.25) is 0 Å². The average molecular weight is 377 g/mol. The minimum Gasteiger partial charge on any atom is -0.353 e. The lowest BCUT2D eigenvalue weighted by molar-refractivity contribution is -0.190. The van der Waals surface area contributed by atoms with Crippen LogP contribution in [0.1, 0.15) is 96.8 Å². The van der Waals surface area contributed by atoms with E-state index in [1.165, 1.54) is 83.5 Å². The summed E-state index contributed by atoms with van der Waals surface area (Å²) in [4.78, 5) is 0. The molecule has 1 heterocycles. The summed E-state index contributed by atoms with van der Waals surface area (Å²) in [6.07, 6.45) is 18.7. The summed E-state index contributed by atoms with van der Waals surface area (Å²) in [6.45, 7) is 3.16. The lowest BCUT2D eigenvalue weighted by atomic mass is 10.0. The Morgan fingerprint density at radius 3 is 2.27 bits per heavy atom. The average Bonchev–Trinajstić information content (AvgIpc) is 2.55. The van der Waals surface area contributed by atoms with Gasteiger partial charge in [0.1, 0.15) is 0 Å². The first kappa shape index (κ1) is 20.4. The van der Waals surface area contributed by atoms with E-state index in [0.717, 1.165) is 18.4 Å². The molecule has 1 aliphatic rings. The molecule has 2 nitrogen and oxygen atoms in total. The van der Waals surface area contributed by atoms with Gasteiger partial charge in [0.15, 0.2) is 6.29 Å². The molecule has 0 radical (unpaired) electrons. The van der Waals surface area contributed by atoms with Crippen molar-refractivity contribution in [1.82, 2.24) is 0 Å². The van der Waals surface area contributed by atoms with Crippen LogP contribution in [0, 0.1) is 0 Å². The Kier molecular flexibility index (Phi) is 13.9. The molecule has 2 unspecified atom stereocenters. The largest absolute Gasteiger partial charge is 0.353 e. The first-order valence-electron chi connectivity index (χ1n) is 9.69. The van der Waals surface area contributed by atoms with Gasteiger partial charge in [-0.3, -0.25) is 0 Å². The van der Waals surface area contributed by atoms with Gasteiger partial charge in [0.05, 0.1) is 6.10 Å². The van der Waals surface area contributed by atoms with Gasteiger partial charge in [0.25, 0.3) is 0 Å². The fraction of sp³-hybridized carbons (Fsp3) is 1.00. The number of rotatable bonds is 14. The summed E-state index contributed by atoms with van der Waals surface area (Å²) >= 11 is 3.54. The van der Waals surface area contributed by atoms with Gasteiger partial charge in [-0.1, -0.05) is 74.2 Å². The highest BCUT2D eigenvalue weighted by molar-refractivity contribution is 9.09. The van der Waals surface area contributed by atoms with Gasteiger partial charge in [-0.05, 0) is 38.5 Å². The van der Waals surface area contributed by atoms with E-state index in [2.05, 4.69) is 22.9 Å². The SMILES string of the molecule is CCCCCCCCCCC(CCCBr)OC1CCCCO1. The number of hydrogen-bond acceptors (Lipinski definition) is 2. The van der Waals surface area contributed by atoms with E-state index in [0.29, 0.717) is 6.10 Å². The normalized spacial score (nSPS) is 20.2. The Morgan fingerprint density at radius 2 is 1.64 bits per heavy atom. The molecule has 0 aromatic rings. The molecule has 0 aromatic carbocycles. The van der Waals surface area contributed by atoms with Gasteiger partial charge in [0, 0.05) is 11.9 Å². The first-order valence-corrected chi connectivity index (χ1v) is 10.8. The van der Waals surface area contributed by atoms with Crippen LogP contribution in [0.25, 0.3) is 0 Å². The molecule has 1 rings (SSSR count). The van der Waals surface area contributed by atoms with Crippen molar-refractivity contribution in [2.45, 2.75) is 109 Å². The van der Waals surface area contributed by atoms with Gasteiger partial charge >= 0.3 is 0 Å². The smallest absolute Gasteiger partial charge is 0.157 e. The topological polar surface area (TPSA) is 18.5 Å². The third kappa shape index (κ3) is 11.0. The highest BCUT2D eigenvalue weighted by Gasteiger charge is 2.19. The fourth-order valence-electron chi connectivity index (χ4n) is 3.12. The molecule has 1 aliphatic heterocycles. The molecule has 0 saturated carbocycles. The zero-order chi connectivity index (χ0) is 15.9. The predicted octanol–water partition coefficient (Wildman–Crippen LogP) is 6.60. The monoisotopic (exact) mass is 376 g/mol. The van der Waals surface area contributed by atoms with Crippen LogP contribution in [0.3, 0.4) is 0 Å². The van der Waals surface area contributed by atoms with Crippen LogP contribution in [-0.2, 0) is 9.47 Å². The number of halogens is 1. The Morgan fingerprint density at radius 1 is 0.955 bits per heavy atom. The van der Waals surface area contributed by atoms with E-state index in [9.17, 15) is 0 Å². The summed E-state index contributed by atoms with van der Waals surface area (Å²) in [6, 6.07) is 0. The Balaban J connectivity index is 2.06. The van der Waals surface area contributed by atoms with E-state index in [4.69, 9.17) is 9.47 Å². The zero-order valence-electron chi connectivity index (χ0n) is 14.7. The highest BCUT2D eigenvalue weighted by Crippen LogP contribution is 2.21. The van der Waals surface area contributed by atoms with Crippen molar-refractivity contribution in [3.63, 3.8) is 0 Å². The molecule has 132 valence electrons. The minimum absolute atomic E-state index is 0.0723. The van der Waals surface area contributed by atoms with Crippen LogP contribution >= 0.6 is 15.9 Å². The van der Waals surface area contributed by atoms with Gasteiger partial charge in [-0.25, -0.2) is 0 Å². The molecule has 22 heavy (non-hydrogen) atoms. The van der Waals surface area contributed by atoms with E-state index < -0.39 is 0 Å². The second kappa shape index (κ2) is 15.0. The quantitative estimate of drug-likeness (QED) is 0.251. The molecule has 0 aliphatic carbocycles. The third-order valence-corrected chi connectivity index (χ3v) is 5.08. The molecule has 0 aromatic heterocycles. The van der Waals surface area contributed by atoms with Gasteiger partial charge in [-0.2, -0.15) is 0 Å². The molecule has 1 saturated heterocycles. The molecule has 0 N–H and O–H groups in total. The number of alkyl halides is 1. The number of hydrogen-bond donors (Lipinski definition) is 0. The van der Waals surface area contributed by atoms with Crippen LogP contribution in [0.4, 0.5) is 0 Å². The van der Waals surface area contributed by atoms with Crippen LogP contribution in [0.5, 0.6) is 0 Å². The van der Waals surface area contributed by atoms with Crippen LogP contribution in [-0.4, -0.2) is 24.3 Å². The zero-order valence-corrected chi connectivity index (χ0v) is 16.2. The lowest BCUT2D eigenvalue weighted by Gasteiger charge is -2.28. The Bertz CT molecular complexity index is 229. The fourth-order valence-corrected chi connectivity index (χ4v) is 3.45. The molecule has 2 atom stereocenters. The molecular weight excluding hydrogens is 340 g/mol. The summed E-state index contributed by atoms with van der Waals surface area (Å²) in [5, 5.41) is 1.08. The summed E-state index contributed by atoms with van der Waals surface area (Å²) in [5.41, 5.74) is 0. The summed E-state index contributed by atoms with van der Waals surface area (Å²) in [7, 11) is 0. The molecule has 0 amide bonds. The highest BCUT2D eigenvalue weighted by atomic mass is 79.9. The maximum absolute atomic E-state index is 6.21. The van der Waals surface area contributed by atoms with Crippen molar-refractivity contribution in [1.29, 1.82) is 0 Å². The molecule has 0 bridgehead atoms. The summed E-state index contributed by atoms with van der Waals surface area (Å²) in [5.74, 6) is 0. The van der Waals surface area contributed by atoms with E-state index >= 15 is 0 Å². The van der Waals surface area contributed by atoms with E-state index in [1.807, 2.05) is 0 Å². The number of unbranched alkanes of at least 4 members (excludes halogenated alkanes) is 7. The third-order valence-electron chi connectivity index (χ3n) is 4.52. The standard InChI is InChI=1S/C19H37BrO2/c1-2-3-4-5-6-7-8-9-13-18(14-12-16-20)22-19-15-10-11-17-21-19/h18-19H,2-17H2,1H3. The lowest BCUT2D eigenvalue weighted by Crippen LogP contribution is -2.28. The minimum atomic E-state index is 0.0723. The van der Waals surface area contributed by atoms with Crippen molar-refractivity contribution in [2.24, 2.45) is 0 Å². The molecular formula is C19H37BrO2. The molecule has 0 spiro atoms. The molecule has 1 fully saturated rings. The number of ether oxygens (including phenoxy) is 2. The van der Waals surface area contributed by atoms with Crippen molar-refractivity contribution < 1.29 is 9.47 Å². The van der Waals surface area contributed by atoms with Crippen molar-refractivity contribution >= 4 is 15.9 Å². The van der Waals surface area contributed by atoms with Crippen LogP contribution in [0.15, 0.2) is 0 Å².